The van der Waals surface area contributed by atoms with E-state index in [0.717, 1.165) is 6.92 Å². The van der Waals surface area contributed by atoms with Gasteiger partial charge in [-0.25, -0.2) is 13.2 Å². The Morgan fingerprint density at radius 1 is 0.929 bits per heavy atom. The molecule has 16 heteroatoms. The summed E-state index contributed by atoms with van der Waals surface area (Å²) in [6.07, 6.45) is -1.08. The van der Waals surface area contributed by atoms with E-state index in [1.807, 2.05) is 0 Å². The molecular formula is C26H26F5N3O8. The number of ketones is 1. The minimum absolute atomic E-state index is 0.0889. The van der Waals surface area contributed by atoms with E-state index < -0.39 is 95.9 Å². The van der Waals surface area contributed by atoms with Gasteiger partial charge in [0.05, 0.1) is 6.42 Å². The Hall–Kier alpha value is -4.76. The number of halogens is 5. The summed E-state index contributed by atoms with van der Waals surface area (Å²) < 4.78 is 76.2. The third-order valence-electron chi connectivity index (χ3n) is 5.71. The van der Waals surface area contributed by atoms with Gasteiger partial charge < -0.3 is 30.5 Å². The number of rotatable bonds is 13. The number of anilines is 1. The molecule has 3 amide bonds. The Morgan fingerprint density at radius 2 is 1.50 bits per heavy atom. The summed E-state index contributed by atoms with van der Waals surface area (Å²) in [6.45, 7) is 1.44. The van der Waals surface area contributed by atoms with Crippen LogP contribution in [0.4, 0.5) is 27.6 Å². The topological polar surface area (TPSA) is 160 Å². The molecule has 0 fully saturated rings. The average Bonchev–Trinajstić information content (AvgIpc) is 2.90. The molecule has 0 heterocycles. The van der Waals surface area contributed by atoms with Crippen LogP contribution in [0.3, 0.4) is 0 Å². The van der Waals surface area contributed by atoms with Gasteiger partial charge in [0.2, 0.25) is 24.4 Å². The lowest BCUT2D eigenvalue weighted by atomic mass is 9.91. The highest BCUT2D eigenvalue weighted by atomic mass is 19.2. The number of carboxylic acids is 1. The van der Waals surface area contributed by atoms with Crippen molar-refractivity contribution in [3.8, 4) is 11.5 Å². The normalized spacial score (nSPS) is 13.0. The smallest absolute Gasteiger partial charge is 0.313 e. The average molecular weight is 603 g/mol. The molecule has 0 radical (unpaired) electrons. The Morgan fingerprint density at radius 3 is 2.00 bits per heavy atom. The van der Waals surface area contributed by atoms with Gasteiger partial charge in [-0.15, -0.1) is 0 Å². The van der Waals surface area contributed by atoms with Crippen molar-refractivity contribution in [1.82, 2.24) is 10.6 Å². The van der Waals surface area contributed by atoms with Gasteiger partial charge in [-0.1, -0.05) is 13.8 Å². The van der Waals surface area contributed by atoms with E-state index in [9.17, 15) is 51.0 Å². The third kappa shape index (κ3) is 8.62. The molecule has 11 nitrogen and oxygen atoms in total. The van der Waals surface area contributed by atoms with E-state index in [-0.39, 0.29) is 17.5 Å². The van der Waals surface area contributed by atoms with E-state index in [1.54, 1.807) is 0 Å². The van der Waals surface area contributed by atoms with Gasteiger partial charge in [0.15, 0.2) is 23.2 Å². The molecule has 0 aliphatic rings. The van der Waals surface area contributed by atoms with Crippen molar-refractivity contribution in [3.63, 3.8) is 0 Å². The lowest BCUT2D eigenvalue weighted by molar-refractivity contribution is -0.144. The highest BCUT2D eigenvalue weighted by Crippen LogP contribution is 2.27. The van der Waals surface area contributed by atoms with Crippen LogP contribution in [0.25, 0.3) is 0 Å². The fraction of sp³-hybridized carbons (Fsp3) is 0.346. The zero-order valence-electron chi connectivity index (χ0n) is 22.4. The number of hydrogen-bond acceptors (Lipinski definition) is 7. The van der Waals surface area contributed by atoms with Gasteiger partial charge in [-0.2, -0.15) is 8.78 Å². The summed E-state index contributed by atoms with van der Waals surface area (Å²) in [5.41, 5.74) is -2.19. The van der Waals surface area contributed by atoms with E-state index in [4.69, 9.17) is 0 Å². The van der Waals surface area contributed by atoms with Crippen molar-refractivity contribution in [1.29, 1.82) is 0 Å². The number of hydrogen-bond donors (Lipinski definition) is 4. The van der Waals surface area contributed by atoms with Crippen LogP contribution in [0.1, 0.15) is 27.2 Å². The number of ether oxygens (including phenoxy) is 2. The summed E-state index contributed by atoms with van der Waals surface area (Å²) in [6, 6.07) is 3.66. The maximum Gasteiger partial charge on any atom is 0.313 e. The molecule has 0 aliphatic heterocycles. The molecule has 4 N–H and O–H groups in total. The van der Waals surface area contributed by atoms with Crippen LogP contribution >= 0.6 is 0 Å². The van der Waals surface area contributed by atoms with Gasteiger partial charge >= 0.3 is 17.8 Å². The van der Waals surface area contributed by atoms with E-state index in [1.165, 1.54) is 38.1 Å². The molecule has 0 spiro atoms. The first kappa shape index (κ1) is 33.4. The Bertz CT molecular complexity index is 1330. The Balaban J connectivity index is 2.17. The minimum Gasteiger partial charge on any atom is -0.481 e. The monoisotopic (exact) mass is 603 g/mol. The summed E-state index contributed by atoms with van der Waals surface area (Å²) in [5, 5.41) is 15.8. The molecule has 0 bridgehead atoms. The van der Waals surface area contributed by atoms with Crippen LogP contribution in [0.2, 0.25) is 0 Å². The van der Waals surface area contributed by atoms with Crippen molar-refractivity contribution in [2.75, 3.05) is 18.8 Å². The second kappa shape index (κ2) is 14.2. The fourth-order valence-corrected chi connectivity index (χ4v) is 3.47. The number of nitrogens with one attached hydrogen (secondary N) is 3. The molecule has 0 saturated carbocycles. The molecule has 2 rings (SSSR count). The predicted molar refractivity (Wildman–Crippen MR) is 134 cm³/mol. The van der Waals surface area contributed by atoms with Crippen LogP contribution in [-0.4, -0.2) is 59.6 Å². The van der Waals surface area contributed by atoms with Gasteiger partial charge in [-0.05, 0) is 37.1 Å². The first-order chi connectivity index (χ1) is 19.6. The largest absolute Gasteiger partial charge is 0.481 e. The maximum absolute atomic E-state index is 13.9. The maximum atomic E-state index is 13.9. The lowest BCUT2D eigenvalue weighted by Gasteiger charge is -2.31. The number of alkyl halides is 1. The summed E-state index contributed by atoms with van der Waals surface area (Å²) in [4.78, 5) is 62.3. The van der Waals surface area contributed by atoms with Crippen LogP contribution < -0.4 is 25.4 Å². The van der Waals surface area contributed by atoms with Crippen molar-refractivity contribution < 1.29 is 60.5 Å². The number of Topliss-reactive ketones (excluding diaryl/α,β-unsaturated/α-hetero) is 1. The van der Waals surface area contributed by atoms with Crippen LogP contribution in [0, 0.1) is 29.2 Å². The first-order valence-corrected chi connectivity index (χ1v) is 12.0. The molecule has 2 aromatic rings. The van der Waals surface area contributed by atoms with Crippen LogP contribution in [0.5, 0.6) is 11.5 Å². The zero-order chi connectivity index (χ0) is 31.8. The molecule has 2 atom stereocenters. The van der Waals surface area contributed by atoms with Crippen molar-refractivity contribution in [2.45, 2.75) is 38.8 Å². The number of carbonyl (C=O) groups excluding carboxylic acids is 4. The molecule has 2 unspecified atom stereocenters. The summed E-state index contributed by atoms with van der Waals surface area (Å²) in [5.74, 6) is -16.2. The number of carbonyl (C=O) groups is 5. The standard InChI is InChI=1S/C26H26F5N3O8/c1-12(2)21(33-25(40)24(39)32-13-4-6-14(7-5-13)42-11-27)23(38)34-26(3,9-18(36)37)17(35)10-41-22-19(30)15(28)8-16(29)20(22)31/h4-8,12,21H,9-11H2,1-3H3,(H,32,39)(H,33,40)(H,34,38)(H,36,37). The summed E-state index contributed by atoms with van der Waals surface area (Å²) in [7, 11) is 0. The first-order valence-electron chi connectivity index (χ1n) is 12.0. The fourth-order valence-electron chi connectivity index (χ4n) is 3.47. The number of aliphatic carboxylic acids is 1. The number of amides is 3. The summed E-state index contributed by atoms with van der Waals surface area (Å²) >= 11 is 0. The highest BCUT2D eigenvalue weighted by Gasteiger charge is 2.40. The molecule has 228 valence electrons. The van der Waals surface area contributed by atoms with Crippen LogP contribution in [0.15, 0.2) is 30.3 Å². The third-order valence-corrected chi connectivity index (χ3v) is 5.71. The second-order valence-corrected chi connectivity index (χ2v) is 9.33. The van der Waals surface area contributed by atoms with Gasteiger partial charge in [0.1, 0.15) is 23.9 Å². The zero-order valence-corrected chi connectivity index (χ0v) is 22.4. The SMILES string of the molecule is CC(C)C(NC(=O)C(=O)Nc1ccc(OCF)cc1)C(=O)NC(C)(CC(=O)O)C(=O)COc1c(F)c(F)cc(F)c1F. The van der Waals surface area contributed by atoms with Gasteiger partial charge in [0, 0.05) is 11.8 Å². The van der Waals surface area contributed by atoms with Crippen molar-refractivity contribution in [3.05, 3.63) is 53.6 Å². The van der Waals surface area contributed by atoms with E-state index >= 15 is 0 Å². The van der Waals surface area contributed by atoms with E-state index in [2.05, 4.69) is 25.4 Å². The van der Waals surface area contributed by atoms with Crippen molar-refractivity contribution in [2.24, 2.45) is 5.92 Å². The van der Waals surface area contributed by atoms with Gasteiger partial charge in [0.25, 0.3) is 0 Å². The molecule has 42 heavy (non-hydrogen) atoms. The van der Waals surface area contributed by atoms with Gasteiger partial charge in [-0.3, -0.25) is 24.0 Å². The molecule has 0 aromatic heterocycles. The predicted octanol–water partition coefficient (Wildman–Crippen LogP) is 2.63. The minimum atomic E-state index is -2.31. The Kier molecular flexibility index (Phi) is 11.3. The molecule has 2 aromatic carbocycles. The highest BCUT2D eigenvalue weighted by molar-refractivity contribution is 6.40. The Labute approximate surface area is 235 Å². The van der Waals surface area contributed by atoms with E-state index in [0.29, 0.717) is 0 Å². The molecule has 0 aliphatic carbocycles. The second-order valence-electron chi connectivity index (χ2n) is 9.33. The van der Waals surface area contributed by atoms with Crippen molar-refractivity contribution >= 4 is 35.2 Å². The lowest BCUT2D eigenvalue weighted by Crippen LogP contribution is -2.61. The quantitative estimate of drug-likeness (QED) is 0.155. The molecule has 0 saturated heterocycles. The molecular weight excluding hydrogens is 577 g/mol. The van der Waals surface area contributed by atoms with Crippen LogP contribution in [-0.2, 0) is 24.0 Å². The number of carboxylic acid groups (broad SMARTS) is 1. The number of benzene rings is 2.